The fourth-order valence-corrected chi connectivity index (χ4v) is 3.05. The Morgan fingerprint density at radius 2 is 2.12 bits per heavy atom. The van der Waals surface area contributed by atoms with Gasteiger partial charge in [0.2, 0.25) is 0 Å². The molecule has 0 radical (unpaired) electrons. The van der Waals surface area contributed by atoms with E-state index in [1.807, 2.05) is 17.9 Å². The molecule has 0 saturated carbocycles. The third-order valence-corrected chi connectivity index (χ3v) is 4.54. The first-order chi connectivity index (χ1) is 12.0. The number of nitrogens with one attached hydrogen (secondary N) is 1. The van der Waals surface area contributed by atoms with Gasteiger partial charge in [0, 0.05) is 57.5 Å². The van der Waals surface area contributed by atoms with Crippen LogP contribution in [0.25, 0.3) is 0 Å². The molecule has 1 aliphatic heterocycles. The van der Waals surface area contributed by atoms with Crippen LogP contribution in [0.15, 0.2) is 18.5 Å². The molecule has 1 fully saturated rings. The molecule has 2 heterocycles. The third-order valence-electron chi connectivity index (χ3n) is 4.54. The second-order valence-electron chi connectivity index (χ2n) is 7.12. The number of rotatable bonds is 7. The number of pyridine rings is 1. The number of urea groups is 1. The molecule has 6 heteroatoms. The molecule has 1 atom stereocenters. The highest BCUT2D eigenvalue weighted by molar-refractivity contribution is 5.74. The minimum Gasteiger partial charge on any atom is -0.490 e. The minimum atomic E-state index is -0.00986. The van der Waals surface area contributed by atoms with Gasteiger partial charge in [-0.05, 0) is 25.3 Å². The van der Waals surface area contributed by atoms with Crippen LogP contribution in [0, 0.1) is 12.8 Å². The first kappa shape index (κ1) is 19.5. The quantitative estimate of drug-likeness (QED) is 0.822. The molecule has 25 heavy (non-hydrogen) atoms. The molecule has 0 bridgehead atoms. The van der Waals surface area contributed by atoms with Crippen LogP contribution in [0.5, 0.6) is 5.75 Å². The lowest BCUT2D eigenvalue weighted by Crippen LogP contribution is -2.48. The Balaban J connectivity index is 1.74. The predicted molar refractivity (Wildman–Crippen MR) is 97.8 cm³/mol. The number of aromatic nitrogens is 1. The Morgan fingerprint density at radius 3 is 2.72 bits per heavy atom. The van der Waals surface area contributed by atoms with Gasteiger partial charge in [0.25, 0.3) is 0 Å². The molecule has 0 aromatic carbocycles. The Hall–Kier alpha value is -1.82. The van der Waals surface area contributed by atoms with Gasteiger partial charge in [-0.15, -0.1) is 0 Å². The number of hydrogen-bond donors (Lipinski definition) is 1. The van der Waals surface area contributed by atoms with Crippen LogP contribution < -0.4 is 10.1 Å². The van der Waals surface area contributed by atoms with Crippen LogP contribution in [-0.2, 0) is 4.74 Å². The van der Waals surface area contributed by atoms with Crippen LogP contribution in [0.3, 0.4) is 0 Å². The average molecular weight is 349 g/mol. The molecule has 1 unspecified atom stereocenters. The highest BCUT2D eigenvalue weighted by atomic mass is 16.5. The van der Waals surface area contributed by atoms with Crippen molar-refractivity contribution >= 4 is 6.03 Å². The standard InChI is InChI=1S/C19H31N3O3/c1-14(2)11-17(24-4)13-21-19(23)22-9-6-16(7-10-22)25-18-5-8-20-12-15(18)3/h5,8,12,14,16-17H,6-7,9-11,13H2,1-4H3,(H,21,23). The minimum absolute atomic E-state index is 0.00986. The Labute approximate surface area is 150 Å². The maximum Gasteiger partial charge on any atom is 0.317 e. The predicted octanol–water partition coefficient (Wildman–Crippen LogP) is 3.00. The van der Waals surface area contributed by atoms with Crippen molar-refractivity contribution in [3.63, 3.8) is 0 Å². The first-order valence-electron chi connectivity index (χ1n) is 9.12. The number of nitrogens with zero attached hydrogens (tertiary/aromatic N) is 2. The van der Waals surface area contributed by atoms with Crippen LogP contribution >= 0.6 is 0 Å². The molecule has 0 aliphatic carbocycles. The molecule has 1 aliphatic rings. The number of methoxy groups -OCH3 is 1. The fourth-order valence-electron chi connectivity index (χ4n) is 3.05. The number of carbonyl (C=O) groups is 1. The summed E-state index contributed by atoms with van der Waals surface area (Å²) in [6.07, 6.45) is 6.40. The SMILES string of the molecule is COC(CNC(=O)N1CCC(Oc2ccncc2C)CC1)CC(C)C. The summed E-state index contributed by atoms with van der Waals surface area (Å²) in [5, 5.41) is 3.00. The lowest BCUT2D eigenvalue weighted by atomic mass is 10.1. The van der Waals surface area contributed by atoms with Gasteiger partial charge in [0.15, 0.2) is 0 Å². The summed E-state index contributed by atoms with van der Waals surface area (Å²) in [7, 11) is 1.70. The molecular weight excluding hydrogens is 318 g/mol. The van der Waals surface area contributed by atoms with Crippen molar-refractivity contribution in [3.05, 3.63) is 24.0 Å². The molecule has 140 valence electrons. The van der Waals surface area contributed by atoms with E-state index in [1.54, 1.807) is 19.5 Å². The molecule has 2 rings (SSSR count). The van der Waals surface area contributed by atoms with Gasteiger partial charge >= 0.3 is 6.03 Å². The van der Waals surface area contributed by atoms with Gasteiger partial charge in [-0.1, -0.05) is 13.8 Å². The smallest absolute Gasteiger partial charge is 0.317 e. The van der Waals surface area contributed by atoms with Gasteiger partial charge in [-0.2, -0.15) is 0 Å². The van der Waals surface area contributed by atoms with E-state index < -0.39 is 0 Å². The van der Waals surface area contributed by atoms with E-state index in [0.29, 0.717) is 25.6 Å². The summed E-state index contributed by atoms with van der Waals surface area (Å²) in [6.45, 7) is 8.28. The summed E-state index contributed by atoms with van der Waals surface area (Å²) in [5.41, 5.74) is 1.04. The van der Waals surface area contributed by atoms with Crippen LogP contribution in [0.2, 0.25) is 0 Å². The summed E-state index contributed by atoms with van der Waals surface area (Å²) >= 11 is 0. The maximum absolute atomic E-state index is 12.3. The molecule has 1 saturated heterocycles. The zero-order chi connectivity index (χ0) is 18.2. The van der Waals surface area contributed by atoms with E-state index >= 15 is 0 Å². The zero-order valence-corrected chi connectivity index (χ0v) is 15.8. The molecule has 1 N–H and O–H groups in total. The summed E-state index contributed by atoms with van der Waals surface area (Å²) in [5.74, 6) is 1.43. The Kier molecular flexibility index (Phi) is 7.50. The van der Waals surface area contributed by atoms with Crippen LogP contribution in [0.1, 0.15) is 38.7 Å². The fraction of sp³-hybridized carbons (Fsp3) is 0.684. The van der Waals surface area contributed by atoms with E-state index in [9.17, 15) is 4.79 Å². The van der Waals surface area contributed by atoms with Crippen LogP contribution in [-0.4, -0.2) is 54.9 Å². The number of ether oxygens (including phenoxy) is 2. The second-order valence-corrected chi connectivity index (χ2v) is 7.12. The normalized spacial score (nSPS) is 16.8. The van der Waals surface area contributed by atoms with E-state index in [2.05, 4.69) is 24.1 Å². The van der Waals surface area contributed by atoms with E-state index in [4.69, 9.17) is 9.47 Å². The lowest BCUT2D eigenvalue weighted by Gasteiger charge is -2.32. The van der Waals surface area contributed by atoms with Gasteiger partial charge in [-0.25, -0.2) is 4.79 Å². The number of likely N-dealkylation sites (tertiary alicyclic amines) is 1. The van der Waals surface area contributed by atoms with Crippen molar-refractivity contribution in [1.82, 2.24) is 15.2 Å². The van der Waals surface area contributed by atoms with Crippen molar-refractivity contribution in [2.24, 2.45) is 5.92 Å². The van der Waals surface area contributed by atoms with Crippen molar-refractivity contribution in [1.29, 1.82) is 0 Å². The Bertz CT molecular complexity index is 542. The number of amides is 2. The van der Waals surface area contributed by atoms with Gasteiger partial charge in [0.05, 0.1) is 6.10 Å². The number of carbonyl (C=O) groups excluding carboxylic acids is 1. The molecule has 2 amide bonds. The second kappa shape index (κ2) is 9.61. The van der Waals surface area contributed by atoms with E-state index in [-0.39, 0.29) is 18.2 Å². The van der Waals surface area contributed by atoms with Crippen molar-refractivity contribution in [2.75, 3.05) is 26.7 Å². The molecular formula is C19H31N3O3. The maximum atomic E-state index is 12.3. The van der Waals surface area contributed by atoms with E-state index in [1.165, 1.54) is 0 Å². The third kappa shape index (κ3) is 6.20. The largest absolute Gasteiger partial charge is 0.490 e. The van der Waals surface area contributed by atoms with E-state index in [0.717, 1.165) is 30.6 Å². The number of hydrogen-bond acceptors (Lipinski definition) is 4. The highest BCUT2D eigenvalue weighted by Gasteiger charge is 2.24. The van der Waals surface area contributed by atoms with Crippen LogP contribution in [0.4, 0.5) is 4.79 Å². The topological polar surface area (TPSA) is 63.7 Å². The first-order valence-corrected chi connectivity index (χ1v) is 9.12. The Morgan fingerprint density at radius 1 is 1.40 bits per heavy atom. The average Bonchev–Trinajstić information content (AvgIpc) is 2.60. The highest BCUT2D eigenvalue weighted by Crippen LogP contribution is 2.21. The zero-order valence-electron chi connectivity index (χ0n) is 15.8. The monoisotopic (exact) mass is 349 g/mol. The van der Waals surface area contributed by atoms with Crippen molar-refractivity contribution < 1.29 is 14.3 Å². The number of aryl methyl sites for hydroxylation is 1. The van der Waals surface area contributed by atoms with Crippen molar-refractivity contribution in [3.8, 4) is 5.75 Å². The van der Waals surface area contributed by atoms with Gasteiger partial charge in [-0.3, -0.25) is 4.98 Å². The molecule has 6 nitrogen and oxygen atoms in total. The number of piperidine rings is 1. The molecule has 1 aromatic rings. The molecule has 0 spiro atoms. The summed E-state index contributed by atoms with van der Waals surface area (Å²) in [4.78, 5) is 18.3. The van der Waals surface area contributed by atoms with Crippen molar-refractivity contribution in [2.45, 2.75) is 52.2 Å². The van der Waals surface area contributed by atoms with Gasteiger partial charge in [0.1, 0.15) is 11.9 Å². The summed E-state index contributed by atoms with van der Waals surface area (Å²) in [6, 6.07) is 1.89. The van der Waals surface area contributed by atoms with Gasteiger partial charge < -0.3 is 19.7 Å². The summed E-state index contributed by atoms with van der Waals surface area (Å²) < 4.78 is 11.5. The lowest BCUT2D eigenvalue weighted by molar-refractivity contribution is 0.0798. The molecule has 1 aromatic heterocycles.